The van der Waals surface area contributed by atoms with Crippen LogP contribution in [-0.2, 0) is 0 Å². The minimum Gasteiger partial charge on any atom is -0.507 e. The van der Waals surface area contributed by atoms with Crippen LogP contribution in [0.1, 0.15) is 67.7 Å². The van der Waals surface area contributed by atoms with Crippen molar-refractivity contribution in [1.29, 1.82) is 0 Å². The molecule has 1 heterocycles. The van der Waals surface area contributed by atoms with E-state index in [9.17, 15) is 10.2 Å². The number of aromatic hydroxyl groups is 2. The number of phenols is 2. The van der Waals surface area contributed by atoms with E-state index in [-0.39, 0.29) is 23.0 Å². The first-order chi connectivity index (χ1) is 18.5. The molecule has 0 radical (unpaired) electrons. The Kier molecular flexibility index (Phi) is 5.57. The molecule has 0 saturated heterocycles. The van der Waals surface area contributed by atoms with Crippen LogP contribution in [0.4, 0.5) is 0 Å². The Morgan fingerprint density at radius 1 is 0.684 bits per heavy atom. The van der Waals surface area contributed by atoms with Crippen molar-refractivity contribution >= 4 is 12.4 Å². The molecule has 4 aliphatic carbocycles. The van der Waals surface area contributed by atoms with E-state index in [2.05, 4.69) is 6.07 Å². The van der Waals surface area contributed by atoms with Crippen LogP contribution in [-0.4, -0.2) is 28.4 Å². The maximum absolute atomic E-state index is 10.5. The molecule has 2 atom stereocenters. The van der Waals surface area contributed by atoms with Gasteiger partial charge in [-0.1, -0.05) is 42.5 Å². The SMILES string of the molecule is Oc1ccccc1C=NC1CC(/N=C/c2ccccc2O)(C23CC4CC(CC(C4)C2)C3)Oc2ccccc21. The lowest BCUT2D eigenvalue weighted by atomic mass is 9.46. The van der Waals surface area contributed by atoms with Gasteiger partial charge >= 0.3 is 0 Å². The standard InChI is InChI=1S/C33H34N2O3/c36-29-10-4-1-7-25(29)20-34-28-19-33(38-31-12-6-3-9-27(28)31,35-21-26-8-2-5-11-30(26)37)32-16-22-13-23(17-32)15-24(14-22)18-32/h1-12,20-24,28,36-37H,13-19H2/b34-20?,35-21+. The van der Waals surface area contributed by atoms with Crippen LogP contribution < -0.4 is 4.74 Å². The molecule has 3 aromatic rings. The summed E-state index contributed by atoms with van der Waals surface area (Å²) in [5.41, 5.74) is 1.62. The van der Waals surface area contributed by atoms with Crippen molar-refractivity contribution in [2.45, 2.75) is 56.7 Å². The van der Waals surface area contributed by atoms with Gasteiger partial charge in [0.25, 0.3) is 0 Å². The van der Waals surface area contributed by atoms with E-state index in [0.717, 1.165) is 48.3 Å². The van der Waals surface area contributed by atoms with Gasteiger partial charge < -0.3 is 14.9 Å². The Balaban J connectivity index is 1.35. The molecule has 4 saturated carbocycles. The van der Waals surface area contributed by atoms with Crippen molar-refractivity contribution in [3.05, 3.63) is 89.5 Å². The van der Waals surface area contributed by atoms with Crippen LogP contribution in [0.15, 0.2) is 82.8 Å². The first-order valence-electron chi connectivity index (χ1n) is 13.9. The lowest BCUT2D eigenvalue weighted by molar-refractivity contribution is -0.171. The van der Waals surface area contributed by atoms with Crippen molar-refractivity contribution in [1.82, 2.24) is 0 Å². The highest BCUT2D eigenvalue weighted by Gasteiger charge is 2.63. The van der Waals surface area contributed by atoms with Gasteiger partial charge in [0, 0.05) is 41.0 Å². The van der Waals surface area contributed by atoms with Crippen LogP contribution in [0.3, 0.4) is 0 Å². The largest absolute Gasteiger partial charge is 0.507 e. The topological polar surface area (TPSA) is 74.4 Å². The lowest BCUT2D eigenvalue weighted by Gasteiger charge is -2.62. The molecule has 2 N–H and O–H groups in total. The van der Waals surface area contributed by atoms with E-state index in [4.69, 9.17) is 14.7 Å². The second-order valence-corrected chi connectivity index (χ2v) is 12.0. The monoisotopic (exact) mass is 506 g/mol. The maximum atomic E-state index is 10.5. The number of aliphatic imine (C=N–C) groups is 2. The van der Waals surface area contributed by atoms with Crippen LogP contribution >= 0.6 is 0 Å². The van der Waals surface area contributed by atoms with E-state index >= 15 is 0 Å². The molecule has 2 unspecified atom stereocenters. The van der Waals surface area contributed by atoms with E-state index < -0.39 is 5.72 Å². The number of hydrogen-bond acceptors (Lipinski definition) is 5. The molecule has 5 heteroatoms. The highest BCUT2D eigenvalue weighted by molar-refractivity contribution is 5.84. The predicted molar refractivity (Wildman–Crippen MR) is 149 cm³/mol. The van der Waals surface area contributed by atoms with Gasteiger partial charge in [-0.3, -0.25) is 4.99 Å². The van der Waals surface area contributed by atoms with Crippen molar-refractivity contribution in [3.63, 3.8) is 0 Å². The van der Waals surface area contributed by atoms with Crippen LogP contribution in [0.2, 0.25) is 0 Å². The Bertz CT molecular complexity index is 1380. The van der Waals surface area contributed by atoms with E-state index in [1.807, 2.05) is 60.8 Å². The number of hydrogen-bond donors (Lipinski definition) is 2. The summed E-state index contributed by atoms with van der Waals surface area (Å²) in [6.07, 6.45) is 11.7. The molecule has 0 aromatic heterocycles. The quantitative estimate of drug-likeness (QED) is 0.363. The van der Waals surface area contributed by atoms with E-state index in [0.29, 0.717) is 17.5 Å². The van der Waals surface area contributed by atoms with Gasteiger partial charge in [-0.2, -0.15) is 0 Å². The number of para-hydroxylation sites is 3. The van der Waals surface area contributed by atoms with Gasteiger partial charge in [-0.05, 0) is 86.6 Å². The lowest BCUT2D eigenvalue weighted by Crippen LogP contribution is -2.61. The average molecular weight is 507 g/mol. The Hall–Kier alpha value is -3.60. The first kappa shape index (κ1) is 23.5. The van der Waals surface area contributed by atoms with Crippen molar-refractivity contribution < 1.29 is 14.9 Å². The number of benzene rings is 3. The second kappa shape index (κ2) is 9.00. The first-order valence-corrected chi connectivity index (χ1v) is 13.9. The highest BCUT2D eigenvalue weighted by atomic mass is 16.5. The smallest absolute Gasteiger partial charge is 0.207 e. The van der Waals surface area contributed by atoms with Gasteiger partial charge in [0.2, 0.25) is 5.72 Å². The van der Waals surface area contributed by atoms with Gasteiger partial charge in [0.1, 0.15) is 17.2 Å². The molecule has 0 amide bonds. The zero-order valence-electron chi connectivity index (χ0n) is 21.5. The second-order valence-electron chi connectivity index (χ2n) is 12.0. The third-order valence-electron chi connectivity index (χ3n) is 9.57. The fraction of sp³-hybridized carbons (Fsp3) is 0.394. The van der Waals surface area contributed by atoms with Gasteiger partial charge in [0.05, 0.1) is 6.04 Å². The molecule has 3 aromatic carbocycles. The third-order valence-corrected chi connectivity index (χ3v) is 9.57. The number of nitrogens with zero attached hydrogens (tertiary/aromatic N) is 2. The van der Waals surface area contributed by atoms with Crippen LogP contribution in [0.5, 0.6) is 17.2 Å². The molecule has 4 bridgehead atoms. The summed E-state index contributed by atoms with van der Waals surface area (Å²) in [6, 6.07) is 22.7. The molecular formula is C33H34N2O3. The molecule has 5 aliphatic rings. The summed E-state index contributed by atoms with van der Waals surface area (Å²) >= 11 is 0. The van der Waals surface area contributed by atoms with Gasteiger partial charge in [0.15, 0.2) is 0 Å². The molecule has 5 nitrogen and oxygen atoms in total. The fourth-order valence-corrected chi connectivity index (χ4v) is 8.24. The van der Waals surface area contributed by atoms with Gasteiger partial charge in [-0.15, -0.1) is 0 Å². The third kappa shape index (κ3) is 3.91. The van der Waals surface area contributed by atoms with Crippen LogP contribution in [0.25, 0.3) is 0 Å². The summed E-state index contributed by atoms with van der Waals surface area (Å²) in [5.74, 6) is 3.50. The molecule has 1 aliphatic heterocycles. The Morgan fingerprint density at radius 3 is 1.87 bits per heavy atom. The molecular weight excluding hydrogens is 472 g/mol. The maximum Gasteiger partial charge on any atom is 0.207 e. The molecule has 8 rings (SSSR count). The molecule has 38 heavy (non-hydrogen) atoms. The fourth-order valence-electron chi connectivity index (χ4n) is 8.24. The number of phenolic OH excluding ortho intramolecular Hbond substituents is 2. The number of fused-ring (bicyclic) bond motifs is 1. The summed E-state index contributed by atoms with van der Waals surface area (Å²) < 4.78 is 7.07. The summed E-state index contributed by atoms with van der Waals surface area (Å²) in [4.78, 5) is 10.4. The highest BCUT2D eigenvalue weighted by Crippen LogP contribution is 2.67. The molecule has 194 valence electrons. The van der Waals surface area contributed by atoms with Crippen molar-refractivity contribution in [2.24, 2.45) is 33.2 Å². The average Bonchev–Trinajstić information content (AvgIpc) is 2.91. The molecule has 0 spiro atoms. The van der Waals surface area contributed by atoms with E-state index in [1.54, 1.807) is 18.3 Å². The molecule has 4 fully saturated rings. The minimum absolute atomic E-state index is 0.0567. The zero-order chi connectivity index (χ0) is 25.7. The predicted octanol–water partition coefficient (Wildman–Crippen LogP) is 7.07. The number of ether oxygens (including phenoxy) is 1. The van der Waals surface area contributed by atoms with E-state index in [1.165, 1.54) is 19.3 Å². The normalized spacial score (nSPS) is 33.5. The Labute approximate surface area is 223 Å². The van der Waals surface area contributed by atoms with Crippen molar-refractivity contribution in [2.75, 3.05) is 0 Å². The van der Waals surface area contributed by atoms with Crippen LogP contribution in [0, 0.1) is 23.2 Å². The van der Waals surface area contributed by atoms with Crippen molar-refractivity contribution in [3.8, 4) is 17.2 Å². The summed E-state index contributed by atoms with van der Waals surface area (Å²) in [5, 5.41) is 20.9. The Morgan fingerprint density at radius 2 is 1.24 bits per heavy atom. The zero-order valence-corrected chi connectivity index (χ0v) is 21.5. The summed E-state index contributed by atoms with van der Waals surface area (Å²) in [6.45, 7) is 0. The minimum atomic E-state index is -0.777. The van der Waals surface area contributed by atoms with Gasteiger partial charge in [-0.25, -0.2) is 4.99 Å². The summed E-state index contributed by atoms with van der Waals surface area (Å²) in [7, 11) is 0. The number of rotatable bonds is 5.